The lowest BCUT2D eigenvalue weighted by atomic mass is 10.0. The number of likely N-dealkylation sites (N-methyl/N-ethyl adjacent to an activating group) is 1. The summed E-state index contributed by atoms with van der Waals surface area (Å²) in [6, 6.07) is 14.6. The highest BCUT2D eigenvalue weighted by Crippen LogP contribution is 2.31. The first-order valence-electron chi connectivity index (χ1n) is 10.7. The third kappa shape index (κ3) is 4.77. The van der Waals surface area contributed by atoms with E-state index in [1.165, 1.54) is 16.8 Å². The Morgan fingerprint density at radius 1 is 1.17 bits per heavy atom. The Balaban J connectivity index is 1.41. The topological polar surface area (TPSA) is 54.0 Å². The van der Waals surface area contributed by atoms with E-state index in [9.17, 15) is 4.79 Å². The predicted molar refractivity (Wildman–Crippen MR) is 118 cm³/mol. The maximum absolute atomic E-state index is 12.5. The number of benzene rings is 2. The molecule has 2 heterocycles. The number of nitrogens with one attached hydrogen (secondary N) is 1. The standard InChI is InChI=1S/C24H31N3O3/c1-18-5-3-4-6-23(18)30-17-24(28)25-16-22(27-11-13-29-14-12-27)19-7-8-21-20(15-19)9-10-26(21)2/h3-8,15,22H,9-14,16-17H2,1-2H3,(H,25,28)/t22-/m0/s1. The molecule has 6 heteroatoms. The van der Waals surface area contributed by atoms with Crippen LogP contribution in [0, 0.1) is 6.92 Å². The van der Waals surface area contributed by atoms with E-state index in [4.69, 9.17) is 9.47 Å². The van der Waals surface area contributed by atoms with Gasteiger partial charge in [0, 0.05) is 38.9 Å². The third-order valence-electron chi connectivity index (χ3n) is 6.05. The molecule has 1 fully saturated rings. The molecule has 0 spiro atoms. The van der Waals surface area contributed by atoms with Crippen LogP contribution in [0.2, 0.25) is 0 Å². The minimum atomic E-state index is -0.0996. The summed E-state index contributed by atoms with van der Waals surface area (Å²) >= 11 is 0. The van der Waals surface area contributed by atoms with Gasteiger partial charge in [0.1, 0.15) is 5.75 Å². The molecule has 6 nitrogen and oxygen atoms in total. The van der Waals surface area contributed by atoms with E-state index < -0.39 is 0 Å². The van der Waals surface area contributed by atoms with E-state index in [-0.39, 0.29) is 18.6 Å². The second kappa shape index (κ2) is 9.49. The van der Waals surface area contributed by atoms with Crippen molar-refractivity contribution in [3.8, 4) is 5.75 Å². The number of aryl methyl sites for hydroxylation is 1. The van der Waals surface area contributed by atoms with Gasteiger partial charge >= 0.3 is 0 Å². The fourth-order valence-corrected chi connectivity index (χ4v) is 4.26. The molecule has 0 aliphatic carbocycles. The van der Waals surface area contributed by atoms with Gasteiger partial charge in [-0.05, 0) is 42.2 Å². The van der Waals surface area contributed by atoms with Crippen molar-refractivity contribution in [2.24, 2.45) is 0 Å². The molecular weight excluding hydrogens is 378 g/mol. The van der Waals surface area contributed by atoms with Gasteiger partial charge in [0.2, 0.25) is 0 Å². The molecular formula is C24H31N3O3. The fraction of sp³-hybridized carbons (Fsp3) is 0.458. The van der Waals surface area contributed by atoms with Crippen molar-refractivity contribution in [3.05, 3.63) is 59.2 Å². The van der Waals surface area contributed by atoms with Crippen molar-refractivity contribution in [3.63, 3.8) is 0 Å². The summed E-state index contributed by atoms with van der Waals surface area (Å²) in [6.45, 7) is 6.83. The van der Waals surface area contributed by atoms with Crippen molar-refractivity contribution in [1.29, 1.82) is 0 Å². The highest BCUT2D eigenvalue weighted by molar-refractivity contribution is 5.77. The van der Waals surface area contributed by atoms with E-state index in [0.29, 0.717) is 6.54 Å². The molecule has 160 valence electrons. The normalized spacial score (nSPS) is 17.5. The van der Waals surface area contributed by atoms with Crippen molar-refractivity contribution < 1.29 is 14.3 Å². The smallest absolute Gasteiger partial charge is 0.258 e. The Kier molecular flexibility index (Phi) is 6.55. The SMILES string of the molecule is Cc1ccccc1OCC(=O)NC[C@@H](c1ccc2c(c1)CCN2C)N1CCOCC1. The Morgan fingerprint density at radius 3 is 2.77 bits per heavy atom. The van der Waals surface area contributed by atoms with E-state index in [1.54, 1.807) is 0 Å². The zero-order chi connectivity index (χ0) is 20.9. The molecule has 2 aliphatic heterocycles. The summed E-state index contributed by atoms with van der Waals surface area (Å²) in [5, 5.41) is 3.09. The Morgan fingerprint density at radius 2 is 1.97 bits per heavy atom. The molecule has 2 aliphatic rings. The summed E-state index contributed by atoms with van der Waals surface area (Å²) in [5.41, 5.74) is 4.99. The molecule has 0 unspecified atom stereocenters. The molecule has 0 bridgehead atoms. The van der Waals surface area contributed by atoms with Crippen LogP contribution in [0.5, 0.6) is 5.75 Å². The quantitative estimate of drug-likeness (QED) is 0.762. The summed E-state index contributed by atoms with van der Waals surface area (Å²) in [4.78, 5) is 17.2. The van der Waals surface area contributed by atoms with Crippen molar-refractivity contribution >= 4 is 11.6 Å². The second-order valence-electron chi connectivity index (χ2n) is 8.08. The van der Waals surface area contributed by atoms with Gasteiger partial charge < -0.3 is 19.7 Å². The zero-order valence-electron chi connectivity index (χ0n) is 17.9. The summed E-state index contributed by atoms with van der Waals surface area (Å²) < 4.78 is 11.2. The van der Waals surface area contributed by atoms with E-state index in [0.717, 1.165) is 50.6 Å². The van der Waals surface area contributed by atoms with Crippen LogP contribution in [0.1, 0.15) is 22.7 Å². The largest absolute Gasteiger partial charge is 0.484 e. The summed E-state index contributed by atoms with van der Waals surface area (Å²) in [5.74, 6) is 0.650. The van der Waals surface area contributed by atoms with Crippen LogP contribution in [0.3, 0.4) is 0 Å². The number of hydrogen-bond donors (Lipinski definition) is 1. The predicted octanol–water partition coefficient (Wildman–Crippen LogP) is 2.56. The van der Waals surface area contributed by atoms with Crippen molar-refractivity contribution in [2.75, 3.05) is 57.9 Å². The number of morpholine rings is 1. The van der Waals surface area contributed by atoms with E-state index in [2.05, 4.69) is 40.4 Å². The van der Waals surface area contributed by atoms with Crippen LogP contribution in [0.25, 0.3) is 0 Å². The highest BCUT2D eigenvalue weighted by Gasteiger charge is 2.25. The minimum Gasteiger partial charge on any atom is -0.484 e. The number of fused-ring (bicyclic) bond motifs is 1. The highest BCUT2D eigenvalue weighted by atomic mass is 16.5. The third-order valence-corrected chi connectivity index (χ3v) is 6.05. The van der Waals surface area contributed by atoms with E-state index >= 15 is 0 Å². The zero-order valence-corrected chi connectivity index (χ0v) is 17.9. The molecule has 1 atom stereocenters. The lowest BCUT2D eigenvalue weighted by Crippen LogP contribution is -2.44. The Bertz CT molecular complexity index is 880. The molecule has 1 amide bonds. The monoisotopic (exact) mass is 409 g/mol. The second-order valence-corrected chi connectivity index (χ2v) is 8.08. The number of amides is 1. The van der Waals surface area contributed by atoms with Crippen LogP contribution < -0.4 is 15.0 Å². The number of carbonyl (C=O) groups is 1. The number of hydrogen-bond acceptors (Lipinski definition) is 5. The van der Waals surface area contributed by atoms with Crippen LogP contribution in [0.4, 0.5) is 5.69 Å². The van der Waals surface area contributed by atoms with E-state index in [1.807, 2.05) is 31.2 Å². The fourth-order valence-electron chi connectivity index (χ4n) is 4.26. The maximum atomic E-state index is 12.5. The van der Waals surface area contributed by atoms with Crippen molar-refractivity contribution in [2.45, 2.75) is 19.4 Å². The number of para-hydroxylation sites is 1. The molecule has 30 heavy (non-hydrogen) atoms. The first-order chi connectivity index (χ1) is 14.6. The first kappa shape index (κ1) is 20.7. The van der Waals surface area contributed by atoms with Gasteiger partial charge in [0.05, 0.1) is 19.3 Å². The molecule has 2 aromatic rings. The maximum Gasteiger partial charge on any atom is 0.258 e. The molecule has 0 aromatic heterocycles. The van der Waals surface area contributed by atoms with Crippen LogP contribution in [0.15, 0.2) is 42.5 Å². The van der Waals surface area contributed by atoms with Gasteiger partial charge in [-0.25, -0.2) is 0 Å². The molecule has 4 rings (SSSR count). The van der Waals surface area contributed by atoms with Crippen molar-refractivity contribution in [1.82, 2.24) is 10.2 Å². The number of carbonyl (C=O) groups excluding carboxylic acids is 1. The molecule has 2 aromatic carbocycles. The van der Waals surface area contributed by atoms with Gasteiger partial charge in [-0.2, -0.15) is 0 Å². The lowest BCUT2D eigenvalue weighted by molar-refractivity contribution is -0.123. The number of nitrogens with zero attached hydrogens (tertiary/aromatic N) is 2. The van der Waals surface area contributed by atoms with Crippen LogP contribution in [-0.4, -0.2) is 63.9 Å². The first-order valence-corrected chi connectivity index (χ1v) is 10.7. The average Bonchev–Trinajstić information content (AvgIpc) is 3.14. The van der Waals surface area contributed by atoms with Gasteiger partial charge in [-0.1, -0.05) is 30.3 Å². The summed E-state index contributed by atoms with van der Waals surface area (Å²) in [6.07, 6.45) is 1.08. The number of anilines is 1. The number of rotatable bonds is 7. The van der Waals surface area contributed by atoms with Crippen LogP contribution in [-0.2, 0) is 16.0 Å². The summed E-state index contributed by atoms with van der Waals surface area (Å²) in [7, 11) is 2.14. The molecule has 0 radical (unpaired) electrons. The Hall–Kier alpha value is -2.57. The molecule has 0 saturated carbocycles. The van der Waals surface area contributed by atoms with Gasteiger partial charge in [0.25, 0.3) is 5.91 Å². The average molecular weight is 410 g/mol. The van der Waals surface area contributed by atoms with Crippen LogP contribution >= 0.6 is 0 Å². The van der Waals surface area contributed by atoms with Gasteiger partial charge in [0.15, 0.2) is 6.61 Å². The minimum absolute atomic E-state index is 0.0235. The molecule has 1 N–H and O–H groups in total. The Labute approximate surface area is 178 Å². The lowest BCUT2D eigenvalue weighted by Gasteiger charge is -2.35. The number of ether oxygens (including phenoxy) is 2. The van der Waals surface area contributed by atoms with Gasteiger partial charge in [-0.15, -0.1) is 0 Å². The molecule has 1 saturated heterocycles. The van der Waals surface area contributed by atoms with Gasteiger partial charge in [-0.3, -0.25) is 9.69 Å².